The molecule has 1 saturated carbocycles. The summed E-state index contributed by atoms with van der Waals surface area (Å²) in [5.74, 6) is 5.82. The van der Waals surface area contributed by atoms with Crippen molar-refractivity contribution >= 4 is 29.5 Å². The van der Waals surface area contributed by atoms with Gasteiger partial charge in [-0.05, 0) is 44.9 Å². The average molecular weight is 493 g/mol. The van der Waals surface area contributed by atoms with E-state index in [1.807, 2.05) is 25.1 Å². The van der Waals surface area contributed by atoms with Gasteiger partial charge in [0.1, 0.15) is 11.9 Å². The number of carbonyl (C=O) groups is 2. The summed E-state index contributed by atoms with van der Waals surface area (Å²) in [4.78, 5) is 28.3. The Morgan fingerprint density at radius 1 is 1.29 bits per heavy atom. The average Bonchev–Trinajstić information content (AvgIpc) is 3.46. The van der Waals surface area contributed by atoms with Gasteiger partial charge in [0.25, 0.3) is 0 Å². The van der Waals surface area contributed by atoms with Crippen molar-refractivity contribution in [2.45, 2.75) is 39.2 Å². The molecule has 0 radical (unpaired) electrons. The van der Waals surface area contributed by atoms with Crippen LogP contribution in [0.4, 0.5) is 10.6 Å². The van der Waals surface area contributed by atoms with Crippen LogP contribution in [0.5, 0.6) is 0 Å². The van der Waals surface area contributed by atoms with Crippen LogP contribution in [0.1, 0.15) is 49.1 Å². The number of nitrogens with one attached hydrogen (secondary N) is 1. The molecule has 1 atom stereocenters. The van der Waals surface area contributed by atoms with E-state index in [1.165, 1.54) is 4.68 Å². The molecule has 0 bridgehead atoms. The van der Waals surface area contributed by atoms with Crippen LogP contribution in [0, 0.1) is 24.2 Å². The highest BCUT2D eigenvalue weighted by Gasteiger charge is 2.43. The first kappa shape index (κ1) is 24.3. The molecule has 4 rings (SSSR count). The molecule has 0 unspecified atom stereocenters. The second kappa shape index (κ2) is 9.80. The molecule has 1 aliphatic rings. The van der Waals surface area contributed by atoms with Crippen molar-refractivity contribution in [3.8, 4) is 23.1 Å². The van der Waals surface area contributed by atoms with Gasteiger partial charge in [-0.1, -0.05) is 41.6 Å². The summed E-state index contributed by atoms with van der Waals surface area (Å²) in [6, 6.07) is 10.8. The normalized spacial score (nSPS) is 14.4. The van der Waals surface area contributed by atoms with E-state index in [0.29, 0.717) is 33.4 Å². The van der Waals surface area contributed by atoms with E-state index in [2.05, 4.69) is 27.2 Å². The van der Waals surface area contributed by atoms with Crippen LogP contribution in [0.15, 0.2) is 42.6 Å². The predicted molar refractivity (Wildman–Crippen MR) is 132 cm³/mol. The molecule has 35 heavy (non-hydrogen) atoms. The van der Waals surface area contributed by atoms with Crippen molar-refractivity contribution in [3.63, 3.8) is 0 Å². The van der Waals surface area contributed by atoms with Crippen LogP contribution in [-0.2, 0) is 16.6 Å². The topological polar surface area (TPSA) is 106 Å². The lowest BCUT2D eigenvalue weighted by molar-refractivity contribution is -0.137. The van der Waals surface area contributed by atoms with E-state index >= 15 is 0 Å². The first-order valence-corrected chi connectivity index (χ1v) is 11.5. The fourth-order valence-corrected chi connectivity index (χ4v) is 4.05. The number of aromatic nitrogens is 3. The lowest BCUT2D eigenvalue weighted by Crippen LogP contribution is -2.18. The number of ether oxygens (including phenoxy) is 1. The Labute approximate surface area is 208 Å². The number of carboxylic acid groups (broad SMARTS) is 1. The van der Waals surface area contributed by atoms with Crippen LogP contribution in [-0.4, -0.2) is 31.9 Å². The maximum Gasteiger partial charge on any atom is 0.413 e. The maximum absolute atomic E-state index is 12.6. The summed E-state index contributed by atoms with van der Waals surface area (Å²) in [6.07, 6.45) is 2.08. The molecule has 8 nitrogen and oxygen atoms in total. The van der Waals surface area contributed by atoms with Crippen LogP contribution in [0.25, 0.3) is 11.3 Å². The second-order valence-electron chi connectivity index (χ2n) is 8.65. The molecule has 1 aromatic carbocycles. The number of benzene rings is 1. The minimum atomic E-state index is -0.835. The van der Waals surface area contributed by atoms with Gasteiger partial charge in [0.2, 0.25) is 0 Å². The smallest absolute Gasteiger partial charge is 0.413 e. The van der Waals surface area contributed by atoms with Crippen LogP contribution >= 0.6 is 11.6 Å². The van der Waals surface area contributed by atoms with Gasteiger partial charge in [-0.2, -0.15) is 5.10 Å². The summed E-state index contributed by atoms with van der Waals surface area (Å²) >= 11 is 6.21. The molecule has 3 aromatic rings. The quantitative estimate of drug-likeness (QED) is 0.448. The maximum atomic E-state index is 12.6. The third kappa shape index (κ3) is 5.64. The Kier molecular flexibility index (Phi) is 6.81. The zero-order valence-electron chi connectivity index (χ0n) is 19.6. The summed E-state index contributed by atoms with van der Waals surface area (Å²) in [5, 5.41) is 16.6. The molecular formula is C26H25ClN4O4. The number of hydrogen-bond donors (Lipinski definition) is 2. The minimum absolute atomic E-state index is 0.0560. The predicted octanol–water partition coefficient (Wildman–Crippen LogP) is 5.36. The number of aliphatic carboxylic acids is 1. The molecule has 0 aliphatic heterocycles. The Morgan fingerprint density at radius 2 is 2.03 bits per heavy atom. The monoisotopic (exact) mass is 492 g/mol. The Bertz CT molecular complexity index is 1350. The van der Waals surface area contributed by atoms with E-state index in [9.17, 15) is 9.59 Å². The molecule has 1 fully saturated rings. The van der Waals surface area contributed by atoms with Gasteiger partial charge >= 0.3 is 12.1 Å². The van der Waals surface area contributed by atoms with Gasteiger partial charge in [-0.3, -0.25) is 19.8 Å². The van der Waals surface area contributed by atoms with Gasteiger partial charge in [0.15, 0.2) is 0 Å². The third-order valence-electron chi connectivity index (χ3n) is 5.95. The zero-order chi connectivity index (χ0) is 25.2. The molecule has 180 valence electrons. The molecule has 1 amide bonds. The lowest BCUT2D eigenvalue weighted by Gasteiger charge is -2.16. The van der Waals surface area contributed by atoms with E-state index in [0.717, 1.165) is 18.4 Å². The van der Waals surface area contributed by atoms with Crippen LogP contribution < -0.4 is 5.32 Å². The van der Waals surface area contributed by atoms with Gasteiger partial charge in [-0.15, -0.1) is 0 Å². The molecule has 2 aromatic heterocycles. The highest BCUT2D eigenvalue weighted by atomic mass is 35.5. The number of hydrogen-bond acceptors (Lipinski definition) is 5. The molecular weight excluding hydrogens is 468 g/mol. The minimum Gasteiger partial charge on any atom is -0.481 e. The first-order chi connectivity index (χ1) is 16.7. The Hall–Kier alpha value is -3.83. The third-order valence-corrected chi connectivity index (χ3v) is 6.30. The largest absolute Gasteiger partial charge is 0.481 e. The standard InChI is InChI=1S/C26H25ClN4O4/c1-16-18(10-11-26(12-13-26)14-23(32)33)8-9-22(29-16)20-15-28-31(3)24(20)30-25(34)35-17(2)19-6-4-5-7-21(19)27/h4-9,15,17H,12-14H2,1-3H3,(H,30,34)(H,32,33)/t17-/m1/s1. The van der Waals surface area contributed by atoms with Crippen LogP contribution in [0.2, 0.25) is 5.02 Å². The van der Waals surface area contributed by atoms with E-state index in [-0.39, 0.29) is 6.42 Å². The van der Waals surface area contributed by atoms with Gasteiger partial charge in [0.05, 0.1) is 29.6 Å². The molecule has 2 heterocycles. The van der Waals surface area contributed by atoms with Crippen molar-refractivity contribution in [3.05, 3.63) is 64.4 Å². The lowest BCUT2D eigenvalue weighted by atomic mass is 10.0. The van der Waals surface area contributed by atoms with E-state index in [1.54, 1.807) is 38.4 Å². The Balaban J connectivity index is 1.50. The molecule has 0 saturated heterocycles. The fourth-order valence-electron chi connectivity index (χ4n) is 3.76. The second-order valence-corrected chi connectivity index (χ2v) is 9.06. The van der Waals surface area contributed by atoms with E-state index in [4.69, 9.17) is 21.4 Å². The zero-order valence-corrected chi connectivity index (χ0v) is 20.4. The number of amides is 1. The number of aryl methyl sites for hydroxylation is 2. The Morgan fingerprint density at radius 3 is 2.69 bits per heavy atom. The van der Waals surface area contributed by atoms with Crippen LogP contribution in [0.3, 0.4) is 0 Å². The molecule has 1 aliphatic carbocycles. The SMILES string of the molecule is Cc1nc(-c2cnn(C)c2NC(=O)O[C@H](C)c2ccccc2Cl)ccc1C#CC1(CC(=O)O)CC1. The number of carboxylic acids is 1. The van der Waals surface area contributed by atoms with Crippen molar-refractivity contribution in [1.29, 1.82) is 0 Å². The number of carbonyl (C=O) groups excluding carboxylic acids is 1. The number of nitrogens with zero attached hydrogens (tertiary/aromatic N) is 3. The van der Waals surface area contributed by atoms with Crippen molar-refractivity contribution in [2.75, 3.05) is 5.32 Å². The van der Waals surface area contributed by atoms with Gasteiger partial charge in [0, 0.05) is 28.6 Å². The number of halogens is 1. The summed E-state index contributed by atoms with van der Waals surface area (Å²) < 4.78 is 7.05. The van der Waals surface area contributed by atoms with Crippen molar-refractivity contribution in [1.82, 2.24) is 14.8 Å². The molecule has 0 spiro atoms. The molecule has 9 heteroatoms. The number of pyridine rings is 1. The summed E-state index contributed by atoms with van der Waals surface area (Å²) in [7, 11) is 1.71. The summed E-state index contributed by atoms with van der Waals surface area (Å²) in [6.45, 7) is 3.59. The highest BCUT2D eigenvalue weighted by molar-refractivity contribution is 6.31. The first-order valence-electron chi connectivity index (χ1n) is 11.1. The van der Waals surface area contributed by atoms with Crippen molar-refractivity contribution < 1.29 is 19.4 Å². The van der Waals surface area contributed by atoms with Gasteiger partial charge < -0.3 is 9.84 Å². The van der Waals surface area contributed by atoms with Crippen molar-refractivity contribution in [2.24, 2.45) is 12.5 Å². The highest BCUT2D eigenvalue weighted by Crippen LogP contribution is 2.48. The summed E-state index contributed by atoms with van der Waals surface area (Å²) in [5.41, 5.74) is 2.96. The molecule has 2 N–H and O–H groups in total. The fraction of sp³-hybridized carbons (Fsp3) is 0.308. The van der Waals surface area contributed by atoms with E-state index < -0.39 is 23.6 Å². The number of anilines is 1. The number of rotatable bonds is 6. The van der Waals surface area contributed by atoms with Gasteiger partial charge in [-0.25, -0.2) is 4.79 Å².